The summed E-state index contributed by atoms with van der Waals surface area (Å²) in [5.74, 6) is 2.75. The third kappa shape index (κ3) is 11.2. The number of hydrogen-bond acceptors (Lipinski definition) is 9. The number of methoxy groups -OCH3 is 2. The lowest BCUT2D eigenvalue weighted by atomic mass is 9.79. The molecule has 1 saturated heterocycles. The molecule has 2 N–H and O–H groups in total. The Morgan fingerprint density at radius 3 is 2.35 bits per heavy atom. The molecule has 51 heavy (non-hydrogen) atoms. The van der Waals surface area contributed by atoms with Crippen molar-refractivity contribution >= 4 is 29.6 Å². The van der Waals surface area contributed by atoms with E-state index in [2.05, 4.69) is 20.7 Å². The van der Waals surface area contributed by atoms with Gasteiger partial charge in [-0.3, -0.25) is 19.7 Å². The van der Waals surface area contributed by atoms with Crippen LogP contribution in [-0.2, 0) is 9.53 Å². The average Bonchev–Trinajstić information content (AvgIpc) is 3.66. The molecule has 11 nitrogen and oxygen atoms in total. The summed E-state index contributed by atoms with van der Waals surface area (Å²) in [4.78, 5) is 44.9. The Hall–Kier alpha value is -3.99. The Morgan fingerprint density at radius 1 is 1.04 bits per heavy atom. The van der Waals surface area contributed by atoms with Gasteiger partial charge in [0, 0.05) is 73.4 Å². The predicted molar refractivity (Wildman–Crippen MR) is 205 cm³/mol. The first-order chi connectivity index (χ1) is 24.5. The number of nitrogens with two attached hydrogens (primary N) is 1. The molecule has 3 fully saturated rings. The van der Waals surface area contributed by atoms with Gasteiger partial charge >= 0.3 is 6.09 Å². The number of aromatic nitrogens is 2. The van der Waals surface area contributed by atoms with Gasteiger partial charge in [-0.15, -0.1) is 0 Å². The Kier molecular flexibility index (Phi) is 15.3. The minimum Gasteiger partial charge on any atom is -0.495 e. The maximum atomic E-state index is 13.9. The van der Waals surface area contributed by atoms with Crippen molar-refractivity contribution in [3.8, 4) is 5.75 Å². The summed E-state index contributed by atoms with van der Waals surface area (Å²) < 4.78 is 10.0. The highest BCUT2D eigenvalue weighted by molar-refractivity contribution is 6.10. The maximum Gasteiger partial charge on any atom is 0.409 e. The smallest absolute Gasteiger partial charge is 0.409 e. The summed E-state index contributed by atoms with van der Waals surface area (Å²) in [7, 11) is 7.17. The van der Waals surface area contributed by atoms with Gasteiger partial charge in [-0.25, -0.2) is 9.78 Å². The number of likely N-dealkylation sites (N-methyl/N-ethyl adjacent to an activating group) is 1. The lowest BCUT2D eigenvalue weighted by molar-refractivity contribution is -0.123. The van der Waals surface area contributed by atoms with Crippen molar-refractivity contribution in [3.63, 3.8) is 0 Å². The number of hydrogen-bond donors (Lipinski definition) is 1. The van der Waals surface area contributed by atoms with Crippen LogP contribution in [0.1, 0.15) is 101 Å². The normalized spacial score (nSPS) is 21.5. The molecule has 3 aliphatic rings. The van der Waals surface area contributed by atoms with E-state index in [1.807, 2.05) is 64.2 Å². The molecular formula is C40H61N7O4. The van der Waals surface area contributed by atoms with E-state index in [0.29, 0.717) is 24.4 Å². The number of likely N-dealkylation sites (tertiary alicyclic amines) is 1. The van der Waals surface area contributed by atoms with Gasteiger partial charge < -0.3 is 25.0 Å². The molecule has 0 radical (unpaired) electrons. The van der Waals surface area contributed by atoms with Gasteiger partial charge in [0.2, 0.25) is 5.91 Å². The van der Waals surface area contributed by atoms with Crippen molar-refractivity contribution in [1.82, 2.24) is 19.8 Å². The topological polar surface area (TPSA) is 126 Å². The van der Waals surface area contributed by atoms with Crippen molar-refractivity contribution in [3.05, 3.63) is 53.6 Å². The van der Waals surface area contributed by atoms with E-state index >= 15 is 0 Å². The van der Waals surface area contributed by atoms with Crippen LogP contribution < -0.4 is 15.4 Å². The summed E-state index contributed by atoms with van der Waals surface area (Å²) in [6, 6.07) is 8.75. The number of rotatable bonds is 10. The number of carbonyl (C=O) groups excluding carboxylic acids is 2. The van der Waals surface area contributed by atoms with E-state index in [-0.39, 0.29) is 24.0 Å². The Balaban J connectivity index is 0.000000411. The molecule has 1 aliphatic heterocycles. The highest BCUT2D eigenvalue weighted by Crippen LogP contribution is 2.37. The molecule has 3 heterocycles. The van der Waals surface area contributed by atoms with Gasteiger partial charge in [-0.05, 0) is 116 Å². The number of carbonyl (C=O) groups is 2. The molecule has 2 amide bonds. The molecule has 11 heteroatoms. The predicted octanol–water partition coefficient (Wildman–Crippen LogP) is 6.85. The minimum atomic E-state index is -0.209. The fraction of sp³-hybridized carbons (Fsp3) is 0.625. The monoisotopic (exact) mass is 703 g/mol. The second-order valence-corrected chi connectivity index (χ2v) is 14.7. The van der Waals surface area contributed by atoms with E-state index in [1.54, 1.807) is 24.4 Å². The second kappa shape index (κ2) is 19.6. The number of nitrogens with zero attached hydrogens (tertiary/aromatic N) is 6. The molecule has 2 aromatic rings. The van der Waals surface area contributed by atoms with Crippen LogP contribution in [0, 0.1) is 18.8 Å². The zero-order valence-corrected chi connectivity index (χ0v) is 32.0. The first-order valence-corrected chi connectivity index (χ1v) is 18.8. The summed E-state index contributed by atoms with van der Waals surface area (Å²) in [6.07, 6.45) is 15.7. The van der Waals surface area contributed by atoms with Gasteiger partial charge in [0.05, 0.1) is 19.9 Å². The lowest BCUT2D eigenvalue weighted by Crippen LogP contribution is -2.41. The van der Waals surface area contributed by atoms with Gasteiger partial charge in [-0.1, -0.05) is 19.3 Å². The zero-order chi connectivity index (χ0) is 36.9. The Morgan fingerprint density at radius 2 is 1.76 bits per heavy atom. The van der Waals surface area contributed by atoms with Crippen molar-refractivity contribution in [1.29, 1.82) is 0 Å². The molecule has 2 saturated carbocycles. The van der Waals surface area contributed by atoms with Crippen LogP contribution in [-0.4, -0.2) is 98.0 Å². The SMILES string of the molecule is COC(=O)N1CCC(N(C)C)C1.COc1ccc(C2CCC(CN(C(=O)C3CCCCC3)c3cc(/C(C=NC(C)C)=C/N)ccn3)CC2)nc1C. The maximum absolute atomic E-state index is 13.9. The van der Waals surface area contributed by atoms with Crippen molar-refractivity contribution in [2.75, 3.05) is 52.8 Å². The van der Waals surface area contributed by atoms with Gasteiger partial charge in [0.25, 0.3) is 0 Å². The second-order valence-electron chi connectivity index (χ2n) is 14.7. The van der Waals surface area contributed by atoms with Gasteiger partial charge in [0.1, 0.15) is 11.6 Å². The highest BCUT2D eigenvalue weighted by atomic mass is 16.5. The molecule has 0 bridgehead atoms. The van der Waals surface area contributed by atoms with E-state index in [0.717, 1.165) is 105 Å². The largest absolute Gasteiger partial charge is 0.495 e. The van der Waals surface area contributed by atoms with Crippen LogP contribution >= 0.6 is 0 Å². The van der Waals surface area contributed by atoms with Crippen LogP contribution in [0.5, 0.6) is 5.75 Å². The van der Waals surface area contributed by atoms with Crippen LogP contribution in [0.3, 0.4) is 0 Å². The van der Waals surface area contributed by atoms with Crippen LogP contribution in [0.2, 0.25) is 0 Å². The molecule has 280 valence electrons. The third-order valence-corrected chi connectivity index (χ3v) is 10.6. The summed E-state index contributed by atoms with van der Waals surface area (Å²) >= 11 is 0. The summed E-state index contributed by atoms with van der Waals surface area (Å²) in [6.45, 7) is 8.38. The molecule has 0 spiro atoms. The standard InChI is InChI=1S/C32H45N5O2.C8H16N2O2/c1-22(2)35-20-28(19-33)27-16-17-34-31(18-27)37(32(38)26-8-6-5-7-9-26)21-24-10-12-25(13-11-24)29-14-15-30(39-4)23(3)36-29;1-9(2)7-4-5-10(6-7)8(11)12-3/h14-20,22,24-26H,5-13,21,33H2,1-4H3;7H,4-6H2,1-3H3/b28-19+,35-20?;. The van der Waals surface area contributed by atoms with Gasteiger partial charge in [0.15, 0.2) is 0 Å². The molecule has 2 aromatic heterocycles. The number of anilines is 1. The minimum absolute atomic E-state index is 0.0824. The number of amides is 2. The Bertz CT molecular complexity index is 1480. The summed E-state index contributed by atoms with van der Waals surface area (Å²) in [5.41, 5.74) is 9.82. The quantitative estimate of drug-likeness (QED) is 0.267. The summed E-state index contributed by atoms with van der Waals surface area (Å²) in [5, 5.41) is 0. The molecular weight excluding hydrogens is 642 g/mol. The van der Waals surface area contributed by atoms with E-state index in [1.165, 1.54) is 13.5 Å². The zero-order valence-electron chi connectivity index (χ0n) is 32.0. The number of pyridine rings is 2. The number of ether oxygens (including phenoxy) is 2. The van der Waals surface area contributed by atoms with Crippen LogP contribution in [0.15, 0.2) is 41.7 Å². The number of allylic oxidation sites excluding steroid dienone is 1. The first kappa shape index (κ1) is 39.8. The van der Waals surface area contributed by atoms with Crippen molar-refractivity contribution < 1.29 is 19.1 Å². The van der Waals surface area contributed by atoms with Crippen molar-refractivity contribution in [2.45, 2.75) is 103 Å². The first-order valence-electron chi connectivity index (χ1n) is 18.8. The average molecular weight is 704 g/mol. The number of aliphatic imine (C=N–C) groups is 1. The fourth-order valence-corrected chi connectivity index (χ4v) is 7.42. The molecule has 0 aromatic carbocycles. The molecule has 1 unspecified atom stereocenters. The highest BCUT2D eigenvalue weighted by Gasteiger charge is 2.32. The van der Waals surface area contributed by atoms with E-state index < -0.39 is 0 Å². The van der Waals surface area contributed by atoms with E-state index in [4.69, 9.17) is 20.4 Å². The third-order valence-electron chi connectivity index (χ3n) is 10.6. The van der Waals surface area contributed by atoms with Crippen LogP contribution in [0.25, 0.3) is 5.57 Å². The number of aryl methyl sites for hydroxylation is 1. The lowest BCUT2D eigenvalue weighted by Gasteiger charge is -2.34. The Labute approximate surface area is 305 Å². The van der Waals surface area contributed by atoms with Crippen molar-refractivity contribution in [2.24, 2.45) is 22.6 Å². The molecule has 5 rings (SSSR count). The van der Waals surface area contributed by atoms with E-state index in [9.17, 15) is 9.59 Å². The van der Waals surface area contributed by atoms with Crippen LogP contribution in [0.4, 0.5) is 10.6 Å². The molecule has 1 atom stereocenters. The van der Waals surface area contributed by atoms with Gasteiger partial charge in [-0.2, -0.15) is 0 Å². The fourth-order valence-electron chi connectivity index (χ4n) is 7.42. The molecule has 2 aliphatic carbocycles.